The monoisotopic (exact) mass is 1140 g/mol. The number of aliphatic hydroxyl groups excluding tert-OH is 10. The molecule has 4 rings (SSSR count). The average Bonchev–Trinajstić information content (AvgIpc) is 3.39. The van der Waals surface area contributed by atoms with Crippen LogP contribution in [-0.2, 0) is 60.1 Å². The van der Waals surface area contributed by atoms with Crippen molar-refractivity contribution in [3.8, 4) is 0 Å². The molecule has 0 radical (unpaired) electrons. The van der Waals surface area contributed by atoms with E-state index in [0.29, 0.717) is 6.42 Å². The fourth-order valence-corrected chi connectivity index (χ4v) is 19.2. The summed E-state index contributed by atoms with van der Waals surface area (Å²) in [5, 5.41) is 110. The molecule has 4 aliphatic rings. The molecule has 0 aromatic heterocycles. The topological polar surface area (TPSA) is 342 Å². The number of thioether (sulfide) groups is 1. The van der Waals surface area contributed by atoms with Gasteiger partial charge in [-0.25, -0.2) is 0 Å². The van der Waals surface area contributed by atoms with Gasteiger partial charge in [0.05, 0.1) is 32.0 Å². The Labute approximate surface area is 448 Å². The van der Waals surface area contributed by atoms with Crippen LogP contribution >= 0.6 is 11.8 Å². The van der Waals surface area contributed by atoms with Crippen molar-refractivity contribution in [3.05, 3.63) is 0 Å². The summed E-state index contributed by atoms with van der Waals surface area (Å²) in [6, 6.07) is 0.345. The molecule has 9 unspecified atom stereocenters. The highest BCUT2D eigenvalue weighted by Crippen LogP contribution is 2.38. The average molecular weight is 1140 g/mol. The number of rotatable bonds is 33. The maximum absolute atomic E-state index is 12.8. The van der Waals surface area contributed by atoms with Crippen molar-refractivity contribution in [1.29, 1.82) is 0 Å². The SMILES string of the molecule is CCCC[Si](OC)(OC)O[Si](CCCSCCCCCCCCO[C@H]1OC(CO)[C@@H](O)[C@H](O[C@@H]2OC(CO)[C@H](O)[C@H](O[C@H]3OC(CO)[C@H](O)[C@H](O)C3C)C2O[C@@H]2OC(C)[C@@H](O)[C@H](O)C2O)C1NC(C)=O)(OC)C(C)C. The Hall–Kier alpha value is -0.626. The van der Waals surface area contributed by atoms with E-state index in [2.05, 4.69) is 26.1 Å². The van der Waals surface area contributed by atoms with Gasteiger partial charge in [0.1, 0.15) is 79.3 Å². The highest BCUT2D eigenvalue weighted by molar-refractivity contribution is 7.99. The molecule has 75 heavy (non-hydrogen) atoms. The Morgan fingerprint density at radius 1 is 0.587 bits per heavy atom. The normalized spacial score (nSPS) is 37.7. The summed E-state index contributed by atoms with van der Waals surface area (Å²) in [5.41, 5.74) is 0.232. The van der Waals surface area contributed by atoms with Gasteiger partial charge in [-0.15, -0.1) is 0 Å². The lowest BCUT2D eigenvalue weighted by molar-refractivity contribution is -0.399. The van der Waals surface area contributed by atoms with Crippen molar-refractivity contribution in [2.24, 2.45) is 5.92 Å². The summed E-state index contributed by atoms with van der Waals surface area (Å²) >= 11 is 1.93. The lowest BCUT2D eigenvalue weighted by Gasteiger charge is -2.51. The van der Waals surface area contributed by atoms with Crippen LogP contribution in [0.2, 0.25) is 17.6 Å². The third kappa shape index (κ3) is 17.9. The largest absolute Gasteiger partial charge is 0.491 e. The standard InChI is InChI=1S/C48H93NO23SSi2/c1-10-11-23-75(62-8,63-9)72-74(61-7,27(2)3)22-18-21-73-20-17-15-13-12-14-16-19-64-46-34(49-30(6)53)42(38(57)32(25-51)67-46)69-48-44(71-47-41(60)40(59)36(55)29(5)65-47)43(39(58)33(26-52)68-48)70-45-28(4)35(54)37(56)31(24-50)66-45/h27-29,31-48,50-52,54-60H,10-26H2,1-9H3,(H,49,53)/t28?,29?,31?,32?,33?,34?,35-,36-,37+,38-,39+,40+,41?,42-,43+,44?,45-,46+,47+,48+,74?/m1/s1. The first kappa shape index (κ1) is 66.9. The van der Waals surface area contributed by atoms with Crippen molar-refractivity contribution in [2.45, 2.75) is 234 Å². The first-order valence-electron chi connectivity index (χ1n) is 26.7. The van der Waals surface area contributed by atoms with E-state index in [-0.39, 0.29) is 12.1 Å². The number of hydrogen-bond donors (Lipinski definition) is 11. The van der Waals surface area contributed by atoms with Crippen molar-refractivity contribution in [2.75, 3.05) is 59.3 Å². The van der Waals surface area contributed by atoms with Gasteiger partial charge in [-0.2, -0.15) is 11.8 Å². The second-order valence-electron chi connectivity index (χ2n) is 20.4. The third-order valence-corrected chi connectivity index (χ3v) is 24.2. The maximum Gasteiger partial charge on any atom is 0.491 e. The van der Waals surface area contributed by atoms with E-state index >= 15 is 0 Å². The van der Waals surface area contributed by atoms with E-state index in [9.17, 15) is 55.9 Å². The van der Waals surface area contributed by atoms with E-state index < -0.39 is 166 Å². The second-order valence-corrected chi connectivity index (χ2v) is 28.8. The number of nitrogens with one attached hydrogen (secondary N) is 1. The molecule has 27 heteroatoms. The molecule has 0 aromatic carbocycles. The van der Waals surface area contributed by atoms with E-state index in [0.717, 1.165) is 75.0 Å². The minimum absolute atomic E-state index is 0.166. The predicted molar refractivity (Wildman–Crippen MR) is 274 cm³/mol. The molecular formula is C48H93NO23SSi2. The zero-order valence-corrected chi connectivity index (χ0v) is 48.1. The summed E-state index contributed by atoms with van der Waals surface area (Å²) in [6.07, 6.45) is -19.7. The molecule has 0 aliphatic carbocycles. The zero-order chi connectivity index (χ0) is 55.6. The van der Waals surface area contributed by atoms with Gasteiger partial charge in [-0.1, -0.05) is 59.8 Å². The molecule has 0 aromatic rings. The number of aliphatic hydroxyl groups is 10. The first-order valence-corrected chi connectivity index (χ1v) is 31.9. The van der Waals surface area contributed by atoms with Crippen molar-refractivity contribution in [3.63, 3.8) is 0 Å². The van der Waals surface area contributed by atoms with E-state index in [1.165, 1.54) is 20.8 Å². The van der Waals surface area contributed by atoms with Gasteiger partial charge in [0.25, 0.3) is 0 Å². The molecule has 4 saturated heterocycles. The Balaban J connectivity index is 1.39. The van der Waals surface area contributed by atoms with Crippen LogP contribution in [0, 0.1) is 5.92 Å². The lowest BCUT2D eigenvalue weighted by atomic mass is 9.91. The van der Waals surface area contributed by atoms with Crippen molar-refractivity contribution < 1.29 is 111 Å². The fraction of sp³-hybridized carbons (Fsp3) is 0.979. The summed E-state index contributed by atoms with van der Waals surface area (Å²) in [5.74, 6) is 0.462. The molecule has 1 amide bonds. The minimum atomic E-state index is -2.84. The number of unbranched alkanes of at least 4 members (excludes halogenated alkanes) is 6. The van der Waals surface area contributed by atoms with Crippen molar-refractivity contribution in [1.82, 2.24) is 5.32 Å². The maximum atomic E-state index is 12.8. The van der Waals surface area contributed by atoms with E-state index in [4.69, 9.17) is 55.3 Å². The molecule has 0 bridgehead atoms. The van der Waals surface area contributed by atoms with Crippen LogP contribution in [-0.4, -0.2) is 250 Å². The lowest BCUT2D eigenvalue weighted by Crippen LogP contribution is -2.69. The van der Waals surface area contributed by atoms with Crippen LogP contribution in [0.4, 0.5) is 0 Å². The summed E-state index contributed by atoms with van der Waals surface area (Å²) in [4.78, 5) is 12.8. The number of hydrogen-bond acceptors (Lipinski definition) is 24. The Morgan fingerprint density at radius 3 is 1.72 bits per heavy atom. The summed E-state index contributed by atoms with van der Waals surface area (Å²) in [6.45, 7) is 8.43. The molecule has 4 heterocycles. The van der Waals surface area contributed by atoms with E-state index in [1.807, 2.05) is 11.8 Å². The molecule has 24 nitrogen and oxygen atoms in total. The fourth-order valence-electron chi connectivity index (χ4n) is 9.83. The van der Waals surface area contributed by atoms with Gasteiger partial charge in [0, 0.05) is 46.8 Å². The van der Waals surface area contributed by atoms with Crippen LogP contribution < -0.4 is 5.32 Å². The van der Waals surface area contributed by atoms with Crippen LogP contribution in [0.15, 0.2) is 0 Å². The molecule has 4 aliphatic heterocycles. The van der Waals surface area contributed by atoms with Crippen LogP contribution in [0.1, 0.15) is 99.3 Å². The quantitative estimate of drug-likeness (QED) is 0.0298. The molecule has 21 atom stereocenters. The summed E-state index contributed by atoms with van der Waals surface area (Å²) < 4.78 is 73.4. The number of amides is 1. The predicted octanol–water partition coefficient (Wildman–Crippen LogP) is -0.267. The van der Waals surface area contributed by atoms with Crippen LogP contribution in [0.5, 0.6) is 0 Å². The highest BCUT2D eigenvalue weighted by atomic mass is 32.2. The Kier molecular flexibility index (Phi) is 29.2. The van der Waals surface area contributed by atoms with Crippen molar-refractivity contribution >= 4 is 35.0 Å². The molecule has 0 saturated carbocycles. The number of carbonyl (C=O) groups is 1. The van der Waals surface area contributed by atoms with Gasteiger partial charge >= 0.3 is 17.4 Å². The van der Waals surface area contributed by atoms with Gasteiger partial charge in [-0.05, 0) is 55.7 Å². The molecule has 11 N–H and O–H groups in total. The zero-order valence-electron chi connectivity index (χ0n) is 45.3. The van der Waals surface area contributed by atoms with Gasteiger partial charge in [0.2, 0.25) is 5.91 Å². The van der Waals surface area contributed by atoms with Gasteiger partial charge in [0.15, 0.2) is 25.2 Å². The molecular weight excluding hydrogens is 1050 g/mol. The van der Waals surface area contributed by atoms with Gasteiger partial charge < -0.3 is 112 Å². The Morgan fingerprint density at radius 2 is 1.13 bits per heavy atom. The van der Waals surface area contributed by atoms with Gasteiger partial charge in [-0.3, -0.25) is 4.79 Å². The summed E-state index contributed by atoms with van der Waals surface area (Å²) in [7, 11) is -0.338. The minimum Gasteiger partial charge on any atom is -0.398 e. The molecule has 442 valence electrons. The number of ether oxygens (including phenoxy) is 8. The number of carbonyl (C=O) groups excluding carboxylic acids is 1. The highest BCUT2D eigenvalue weighted by Gasteiger charge is 2.57. The second kappa shape index (κ2) is 32.7. The third-order valence-electron chi connectivity index (χ3n) is 14.7. The smallest absolute Gasteiger partial charge is 0.398 e. The van der Waals surface area contributed by atoms with E-state index in [1.54, 1.807) is 21.3 Å². The molecule has 4 fully saturated rings. The Bertz CT molecular complexity index is 1600. The van der Waals surface area contributed by atoms with Crippen LogP contribution in [0.3, 0.4) is 0 Å². The van der Waals surface area contributed by atoms with Crippen LogP contribution in [0.25, 0.3) is 0 Å². The first-order chi connectivity index (χ1) is 35.7. The molecule has 0 spiro atoms.